The zero-order valence-corrected chi connectivity index (χ0v) is 11.1. The molecule has 0 aliphatic rings. The molecule has 1 atom stereocenters. The topological polar surface area (TPSA) is 35.5 Å². The Kier molecular flexibility index (Phi) is 6.01. The average Bonchev–Trinajstić information content (AvgIpc) is 2.38. The van der Waals surface area contributed by atoms with Crippen LogP contribution in [0.15, 0.2) is 24.3 Å². The summed E-state index contributed by atoms with van der Waals surface area (Å²) in [5, 5.41) is 12.3. The van der Waals surface area contributed by atoms with Gasteiger partial charge in [-0.25, -0.2) is 0 Å². The number of aliphatic hydroxyl groups excluding tert-OH is 1. The van der Waals surface area contributed by atoms with Gasteiger partial charge in [-0.1, -0.05) is 19.1 Å². The highest BCUT2D eigenvalue weighted by molar-refractivity contribution is 5.47. The normalized spacial score (nSPS) is 12.5. The van der Waals surface area contributed by atoms with E-state index in [1.54, 1.807) is 0 Å². The fraction of sp³-hybridized carbons (Fsp3) is 0.571. The molecule has 96 valence electrons. The van der Waals surface area contributed by atoms with Crippen molar-refractivity contribution in [3.63, 3.8) is 0 Å². The summed E-state index contributed by atoms with van der Waals surface area (Å²) in [6, 6.07) is 9.03. The molecule has 1 unspecified atom stereocenters. The van der Waals surface area contributed by atoms with Crippen LogP contribution in [0.1, 0.15) is 31.9 Å². The molecule has 17 heavy (non-hydrogen) atoms. The quantitative estimate of drug-likeness (QED) is 0.761. The molecule has 0 saturated heterocycles. The van der Waals surface area contributed by atoms with Crippen LogP contribution in [0.4, 0.5) is 5.69 Å². The molecule has 0 spiro atoms. The second kappa shape index (κ2) is 7.30. The molecule has 1 aromatic rings. The first-order valence-electron chi connectivity index (χ1n) is 6.39. The SMILES string of the molecule is CCC(NC)c1ccc(N(CC)CCO)cc1. The van der Waals surface area contributed by atoms with Gasteiger partial charge in [0, 0.05) is 24.8 Å². The molecule has 0 amide bonds. The summed E-state index contributed by atoms with van der Waals surface area (Å²) in [5.41, 5.74) is 2.50. The van der Waals surface area contributed by atoms with Crippen LogP contribution in [0.5, 0.6) is 0 Å². The Morgan fingerprint density at radius 3 is 2.29 bits per heavy atom. The van der Waals surface area contributed by atoms with E-state index < -0.39 is 0 Å². The number of hydrogen-bond donors (Lipinski definition) is 2. The van der Waals surface area contributed by atoms with E-state index in [1.807, 2.05) is 7.05 Å². The van der Waals surface area contributed by atoms with E-state index in [0.29, 0.717) is 12.6 Å². The number of benzene rings is 1. The van der Waals surface area contributed by atoms with Gasteiger partial charge in [0.15, 0.2) is 0 Å². The largest absolute Gasteiger partial charge is 0.395 e. The fourth-order valence-electron chi connectivity index (χ4n) is 2.11. The predicted octanol–water partition coefficient (Wildman–Crippen LogP) is 2.18. The number of rotatable bonds is 7. The molecule has 0 aliphatic heterocycles. The van der Waals surface area contributed by atoms with Crippen LogP contribution < -0.4 is 10.2 Å². The molecule has 2 N–H and O–H groups in total. The minimum Gasteiger partial charge on any atom is -0.395 e. The van der Waals surface area contributed by atoms with E-state index in [9.17, 15) is 0 Å². The summed E-state index contributed by atoms with van der Waals surface area (Å²) in [7, 11) is 1.99. The van der Waals surface area contributed by atoms with Gasteiger partial charge in [-0.3, -0.25) is 0 Å². The van der Waals surface area contributed by atoms with Crippen molar-refractivity contribution >= 4 is 5.69 Å². The summed E-state index contributed by atoms with van der Waals surface area (Å²) < 4.78 is 0. The molecular weight excluding hydrogens is 212 g/mol. The molecule has 0 heterocycles. The lowest BCUT2D eigenvalue weighted by Crippen LogP contribution is -2.26. The van der Waals surface area contributed by atoms with Gasteiger partial charge in [-0.05, 0) is 38.1 Å². The molecule has 1 rings (SSSR count). The summed E-state index contributed by atoms with van der Waals surface area (Å²) >= 11 is 0. The van der Waals surface area contributed by atoms with E-state index in [-0.39, 0.29) is 6.61 Å². The predicted molar refractivity (Wildman–Crippen MR) is 73.5 cm³/mol. The zero-order valence-electron chi connectivity index (χ0n) is 11.1. The Morgan fingerprint density at radius 1 is 1.24 bits per heavy atom. The van der Waals surface area contributed by atoms with Gasteiger partial charge in [0.2, 0.25) is 0 Å². The van der Waals surface area contributed by atoms with Crippen LogP contribution in [0.25, 0.3) is 0 Å². The van der Waals surface area contributed by atoms with Crippen LogP contribution in [0.3, 0.4) is 0 Å². The van der Waals surface area contributed by atoms with Crippen molar-refractivity contribution in [2.45, 2.75) is 26.3 Å². The number of nitrogens with one attached hydrogen (secondary N) is 1. The molecule has 0 aromatic heterocycles. The third-order valence-electron chi connectivity index (χ3n) is 3.17. The van der Waals surface area contributed by atoms with Crippen molar-refractivity contribution < 1.29 is 5.11 Å². The van der Waals surface area contributed by atoms with E-state index >= 15 is 0 Å². The van der Waals surface area contributed by atoms with Crippen molar-refractivity contribution in [1.82, 2.24) is 5.32 Å². The van der Waals surface area contributed by atoms with E-state index in [1.165, 1.54) is 11.3 Å². The zero-order chi connectivity index (χ0) is 12.7. The van der Waals surface area contributed by atoms with E-state index in [4.69, 9.17) is 5.11 Å². The van der Waals surface area contributed by atoms with Crippen LogP contribution in [0.2, 0.25) is 0 Å². The minimum absolute atomic E-state index is 0.198. The van der Waals surface area contributed by atoms with Crippen LogP contribution in [-0.4, -0.2) is 31.9 Å². The van der Waals surface area contributed by atoms with Crippen LogP contribution >= 0.6 is 0 Å². The molecule has 0 saturated carbocycles. The van der Waals surface area contributed by atoms with Gasteiger partial charge in [-0.15, -0.1) is 0 Å². The standard InChI is InChI=1S/C14H24N2O/c1-4-14(15-3)12-6-8-13(9-7-12)16(5-2)10-11-17/h6-9,14-15,17H,4-5,10-11H2,1-3H3. The maximum Gasteiger partial charge on any atom is 0.0606 e. The monoisotopic (exact) mass is 236 g/mol. The molecule has 0 bridgehead atoms. The van der Waals surface area contributed by atoms with Gasteiger partial charge >= 0.3 is 0 Å². The van der Waals surface area contributed by atoms with E-state index in [2.05, 4.69) is 48.3 Å². The lowest BCUT2D eigenvalue weighted by molar-refractivity contribution is 0.302. The average molecular weight is 236 g/mol. The second-order valence-corrected chi connectivity index (χ2v) is 4.14. The summed E-state index contributed by atoms with van der Waals surface area (Å²) in [4.78, 5) is 2.17. The first kappa shape index (κ1) is 14.0. The van der Waals surface area contributed by atoms with E-state index in [0.717, 1.165) is 13.0 Å². The van der Waals surface area contributed by atoms with Gasteiger partial charge in [0.05, 0.1) is 6.61 Å². The fourth-order valence-corrected chi connectivity index (χ4v) is 2.11. The lowest BCUT2D eigenvalue weighted by atomic mass is 10.0. The third kappa shape index (κ3) is 3.72. The highest BCUT2D eigenvalue weighted by atomic mass is 16.3. The number of nitrogens with zero attached hydrogens (tertiary/aromatic N) is 1. The summed E-state index contributed by atoms with van der Waals surface area (Å²) in [5.74, 6) is 0. The minimum atomic E-state index is 0.198. The first-order valence-corrected chi connectivity index (χ1v) is 6.39. The molecule has 0 fully saturated rings. The van der Waals surface area contributed by atoms with Crippen LogP contribution in [-0.2, 0) is 0 Å². The second-order valence-electron chi connectivity index (χ2n) is 4.14. The highest BCUT2D eigenvalue weighted by Gasteiger charge is 2.07. The molecule has 1 aromatic carbocycles. The molecular formula is C14H24N2O. The Labute approximate surface area is 104 Å². The summed E-state index contributed by atoms with van der Waals surface area (Å²) in [6.07, 6.45) is 1.09. The van der Waals surface area contributed by atoms with Gasteiger partial charge in [0.25, 0.3) is 0 Å². The van der Waals surface area contributed by atoms with Crippen molar-refractivity contribution in [3.05, 3.63) is 29.8 Å². The molecule has 0 aliphatic carbocycles. The highest BCUT2D eigenvalue weighted by Crippen LogP contribution is 2.20. The Hall–Kier alpha value is -1.06. The molecule has 0 radical (unpaired) electrons. The Morgan fingerprint density at radius 2 is 1.88 bits per heavy atom. The Bertz CT molecular complexity index is 307. The van der Waals surface area contributed by atoms with Gasteiger partial charge < -0.3 is 15.3 Å². The lowest BCUT2D eigenvalue weighted by Gasteiger charge is -2.23. The number of likely N-dealkylation sites (N-methyl/N-ethyl adjacent to an activating group) is 1. The molecule has 3 heteroatoms. The maximum atomic E-state index is 9.00. The number of anilines is 1. The molecule has 3 nitrogen and oxygen atoms in total. The van der Waals surface area contributed by atoms with Crippen LogP contribution in [0, 0.1) is 0 Å². The maximum absolute atomic E-state index is 9.00. The summed E-state index contributed by atoms with van der Waals surface area (Å²) in [6.45, 7) is 6.09. The van der Waals surface area contributed by atoms with Crippen molar-refractivity contribution in [3.8, 4) is 0 Å². The number of hydrogen-bond acceptors (Lipinski definition) is 3. The smallest absolute Gasteiger partial charge is 0.0606 e. The van der Waals surface area contributed by atoms with Crippen molar-refractivity contribution in [2.75, 3.05) is 31.6 Å². The Balaban J connectivity index is 2.78. The van der Waals surface area contributed by atoms with Gasteiger partial charge in [0.1, 0.15) is 0 Å². The van der Waals surface area contributed by atoms with Gasteiger partial charge in [-0.2, -0.15) is 0 Å². The van der Waals surface area contributed by atoms with Crippen molar-refractivity contribution in [1.29, 1.82) is 0 Å². The number of aliphatic hydroxyl groups is 1. The third-order valence-corrected chi connectivity index (χ3v) is 3.17. The van der Waals surface area contributed by atoms with Crippen molar-refractivity contribution in [2.24, 2.45) is 0 Å². The first-order chi connectivity index (χ1) is 8.26.